The Kier molecular flexibility index (Phi) is 6.22. The molecule has 10 nitrogen and oxygen atoms in total. The summed E-state index contributed by atoms with van der Waals surface area (Å²) >= 11 is 0. The molecular formula is C19H20N4O6. The number of rotatable bonds is 6. The highest BCUT2D eigenvalue weighted by atomic mass is 16.6. The molecule has 1 aromatic heterocycles. The minimum Gasteiger partial charge on any atom is -0.474 e. The second-order valence-electron chi connectivity index (χ2n) is 6.60. The number of carbonyl (C=O) groups excluding carboxylic acids is 2. The van der Waals surface area contributed by atoms with Gasteiger partial charge >= 0.3 is 6.09 Å². The summed E-state index contributed by atoms with van der Waals surface area (Å²) in [7, 11) is 0. The molecule has 0 aliphatic heterocycles. The fraction of sp³-hybridized carbons (Fsp3) is 0.316. The molecule has 1 aliphatic carbocycles. The molecule has 1 heterocycles. The van der Waals surface area contributed by atoms with E-state index in [1.807, 2.05) is 0 Å². The van der Waals surface area contributed by atoms with Crippen molar-refractivity contribution in [1.82, 2.24) is 10.3 Å². The molecule has 29 heavy (non-hydrogen) atoms. The van der Waals surface area contributed by atoms with Gasteiger partial charge in [0.05, 0.1) is 4.92 Å². The molecule has 10 heteroatoms. The van der Waals surface area contributed by atoms with Gasteiger partial charge in [-0.15, -0.1) is 0 Å². The number of ether oxygens (including phenoxy) is 2. The first-order valence-corrected chi connectivity index (χ1v) is 9.06. The van der Waals surface area contributed by atoms with Crippen molar-refractivity contribution >= 4 is 17.7 Å². The Morgan fingerprint density at radius 1 is 1.14 bits per heavy atom. The predicted molar refractivity (Wildman–Crippen MR) is 102 cm³/mol. The molecule has 0 spiro atoms. The Morgan fingerprint density at radius 3 is 2.45 bits per heavy atom. The molecule has 0 atom stereocenters. The number of amides is 2. The standard InChI is InChI=1S/C19H20N4O6/c20-17(24)16-2-1-11-21-18(16)28-14-7-3-12(4-8-14)22-19(25)29-15-9-5-13(6-10-15)23(26)27/h1-2,5-6,9-12,14H,3-4,7-8H2,(H2,20,24)(H,22,25). The van der Waals surface area contributed by atoms with E-state index in [4.69, 9.17) is 15.2 Å². The van der Waals surface area contributed by atoms with E-state index in [0.29, 0.717) is 25.7 Å². The molecule has 3 N–H and O–H groups in total. The molecule has 0 bridgehead atoms. The molecule has 1 aromatic carbocycles. The predicted octanol–water partition coefficient (Wildman–Crippen LogP) is 2.57. The first-order valence-electron chi connectivity index (χ1n) is 9.06. The maximum atomic E-state index is 12.0. The molecule has 1 fully saturated rings. The fourth-order valence-corrected chi connectivity index (χ4v) is 3.09. The number of nitrogens with one attached hydrogen (secondary N) is 1. The Labute approximate surface area is 166 Å². The lowest BCUT2D eigenvalue weighted by atomic mass is 9.93. The minimum absolute atomic E-state index is 0.0801. The van der Waals surface area contributed by atoms with Crippen molar-refractivity contribution in [2.45, 2.75) is 37.8 Å². The van der Waals surface area contributed by atoms with Gasteiger partial charge in [-0.1, -0.05) is 0 Å². The lowest BCUT2D eigenvalue weighted by Gasteiger charge is -2.29. The van der Waals surface area contributed by atoms with Crippen LogP contribution in [0.3, 0.4) is 0 Å². The highest BCUT2D eigenvalue weighted by molar-refractivity contribution is 5.94. The molecule has 0 saturated heterocycles. The van der Waals surface area contributed by atoms with E-state index in [1.165, 1.54) is 30.5 Å². The quantitative estimate of drug-likeness (QED) is 0.559. The van der Waals surface area contributed by atoms with Gasteiger partial charge in [-0.3, -0.25) is 14.9 Å². The molecule has 1 saturated carbocycles. The van der Waals surface area contributed by atoms with Crippen LogP contribution in [0.4, 0.5) is 10.5 Å². The van der Waals surface area contributed by atoms with E-state index in [0.717, 1.165) is 0 Å². The zero-order chi connectivity index (χ0) is 20.8. The maximum absolute atomic E-state index is 12.0. The van der Waals surface area contributed by atoms with Gasteiger partial charge in [-0.05, 0) is 49.9 Å². The lowest BCUT2D eigenvalue weighted by Crippen LogP contribution is -2.41. The normalized spacial score (nSPS) is 18.5. The summed E-state index contributed by atoms with van der Waals surface area (Å²) in [4.78, 5) is 37.7. The first kappa shape index (κ1) is 20.1. The van der Waals surface area contributed by atoms with Crippen molar-refractivity contribution in [2.75, 3.05) is 0 Å². The first-order chi connectivity index (χ1) is 13.9. The number of hydrogen-bond donors (Lipinski definition) is 2. The van der Waals surface area contributed by atoms with Crippen LogP contribution in [0.15, 0.2) is 42.6 Å². The second kappa shape index (κ2) is 9.00. The zero-order valence-corrected chi connectivity index (χ0v) is 15.4. The monoisotopic (exact) mass is 400 g/mol. The maximum Gasteiger partial charge on any atom is 0.412 e. The summed E-state index contributed by atoms with van der Waals surface area (Å²) in [5, 5.41) is 13.4. The van der Waals surface area contributed by atoms with Crippen LogP contribution in [0.25, 0.3) is 0 Å². The molecule has 1 aliphatic rings. The van der Waals surface area contributed by atoms with Gasteiger partial charge in [0, 0.05) is 24.4 Å². The van der Waals surface area contributed by atoms with E-state index >= 15 is 0 Å². The third-order valence-corrected chi connectivity index (χ3v) is 4.57. The lowest BCUT2D eigenvalue weighted by molar-refractivity contribution is -0.384. The van der Waals surface area contributed by atoms with Gasteiger partial charge in [0.1, 0.15) is 17.4 Å². The number of primary amides is 1. The number of nitro benzene ring substituents is 1. The summed E-state index contributed by atoms with van der Waals surface area (Å²) < 4.78 is 11.0. The number of benzene rings is 1. The van der Waals surface area contributed by atoms with Crippen LogP contribution in [0.5, 0.6) is 11.6 Å². The van der Waals surface area contributed by atoms with Crippen molar-refractivity contribution in [2.24, 2.45) is 5.73 Å². The van der Waals surface area contributed by atoms with Crippen LogP contribution < -0.4 is 20.5 Å². The average Bonchev–Trinajstić information content (AvgIpc) is 2.70. The fourth-order valence-electron chi connectivity index (χ4n) is 3.09. The van der Waals surface area contributed by atoms with E-state index < -0.39 is 16.9 Å². The van der Waals surface area contributed by atoms with Crippen molar-refractivity contribution < 1.29 is 24.0 Å². The largest absolute Gasteiger partial charge is 0.474 e. The molecule has 0 radical (unpaired) electrons. The van der Waals surface area contributed by atoms with E-state index in [-0.39, 0.29) is 35.0 Å². The summed E-state index contributed by atoms with van der Waals surface area (Å²) in [6.07, 6.45) is 3.44. The molecular weight excluding hydrogens is 380 g/mol. The molecule has 2 aromatic rings. The Morgan fingerprint density at radius 2 is 1.83 bits per heavy atom. The van der Waals surface area contributed by atoms with Crippen LogP contribution in [-0.4, -0.2) is 34.1 Å². The van der Waals surface area contributed by atoms with Gasteiger partial charge in [0.2, 0.25) is 5.88 Å². The Balaban J connectivity index is 1.46. The van der Waals surface area contributed by atoms with Crippen molar-refractivity contribution in [3.05, 3.63) is 58.3 Å². The third-order valence-electron chi connectivity index (χ3n) is 4.57. The van der Waals surface area contributed by atoms with Crippen LogP contribution in [-0.2, 0) is 0 Å². The van der Waals surface area contributed by atoms with Crippen LogP contribution in [0.2, 0.25) is 0 Å². The van der Waals surface area contributed by atoms with Crippen molar-refractivity contribution in [3.8, 4) is 11.6 Å². The van der Waals surface area contributed by atoms with Gasteiger partial charge in [-0.2, -0.15) is 0 Å². The summed E-state index contributed by atoms with van der Waals surface area (Å²) in [6.45, 7) is 0. The summed E-state index contributed by atoms with van der Waals surface area (Å²) in [6, 6.07) is 8.36. The number of carbonyl (C=O) groups is 2. The summed E-state index contributed by atoms with van der Waals surface area (Å²) in [5.74, 6) is -0.161. The van der Waals surface area contributed by atoms with Crippen LogP contribution in [0.1, 0.15) is 36.0 Å². The number of nitrogens with zero attached hydrogens (tertiary/aromatic N) is 2. The Hall–Kier alpha value is -3.69. The number of aromatic nitrogens is 1. The van der Waals surface area contributed by atoms with Crippen LogP contribution in [0, 0.1) is 10.1 Å². The Bertz CT molecular complexity index is 894. The highest BCUT2D eigenvalue weighted by Gasteiger charge is 2.25. The zero-order valence-electron chi connectivity index (χ0n) is 15.4. The molecule has 0 unspecified atom stereocenters. The number of hydrogen-bond acceptors (Lipinski definition) is 7. The van der Waals surface area contributed by atoms with Crippen molar-refractivity contribution in [1.29, 1.82) is 0 Å². The van der Waals surface area contributed by atoms with Gasteiger partial charge in [0.25, 0.3) is 11.6 Å². The van der Waals surface area contributed by atoms with Gasteiger partial charge < -0.3 is 20.5 Å². The van der Waals surface area contributed by atoms with E-state index in [1.54, 1.807) is 12.1 Å². The van der Waals surface area contributed by atoms with E-state index in [9.17, 15) is 19.7 Å². The minimum atomic E-state index is -0.621. The van der Waals surface area contributed by atoms with Crippen LogP contribution >= 0.6 is 0 Å². The number of non-ortho nitro benzene ring substituents is 1. The highest BCUT2D eigenvalue weighted by Crippen LogP contribution is 2.25. The number of pyridine rings is 1. The SMILES string of the molecule is NC(=O)c1cccnc1OC1CCC(NC(=O)Oc2ccc([N+](=O)[O-])cc2)CC1. The molecule has 2 amide bonds. The van der Waals surface area contributed by atoms with Gasteiger partial charge in [0.15, 0.2) is 0 Å². The van der Waals surface area contributed by atoms with Gasteiger partial charge in [-0.25, -0.2) is 9.78 Å². The van der Waals surface area contributed by atoms with E-state index in [2.05, 4.69) is 10.3 Å². The second-order valence-corrected chi connectivity index (χ2v) is 6.60. The topological polar surface area (TPSA) is 147 Å². The molecule has 3 rings (SSSR count). The summed E-state index contributed by atoms with van der Waals surface area (Å²) in [5.41, 5.74) is 5.48. The smallest absolute Gasteiger partial charge is 0.412 e. The third kappa shape index (κ3) is 5.41. The number of nitrogens with two attached hydrogens (primary N) is 1. The average molecular weight is 400 g/mol. The van der Waals surface area contributed by atoms with Crippen molar-refractivity contribution in [3.63, 3.8) is 0 Å². The molecule has 152 valence electrons. The number of nitro groups is 1.